The molecule has 0 spiro atoms. The molecule has 3 rings (SSSR count). The van der Waals surface area contributed by atoms with Gasteiger partial charge in [0.15, 0.2) is 0 Å². The van der Waals surface area contributed by atoms with E-state index >= 15 is 0 Å². The smallest absolute Gasteiger partial charge is 0.330 e. The molecule has 1 fully saturated rings. The molecule has 6 nitrogen and oxygen atoms in total. The first-order chi connectivity index (χ1) is 13.2. The molecule has 1 saturated heterocycles. The van der Waals surface area contributed by atoms with Crippen LogP contribution in [0.15, 0.2) is 15.7 Å². The van der Waals surface area contributed by atoms with Crippen molar-refractivity contribution in [2.45, 2.75) is 31.8 Å². The van der Waals surface area contributed by atoms with Crippen LogP contribution in [0.3, 0.4) is 0 Å². The maximum absolute atomic E-state index is 12.5. The van der Waals surface area contributed by atoms with Crippen molar-refractivity contribution in [1.29, 1.82) is 0 Å². The molecule has 0 saturated carbocycles. The number of benzene rings is 1. The van der Waals surface area contributed by atoms with Crippen LogP contribution in [-0.2, 0) is 4.74 Å². The van der Waals surface area contributed by atoms with E-state index < -0.39 is 17.3 Å². The molecule has 0 bridgehead atoms. The van der Waals surface area contributed by atoms with Crippen LogP contribution in [0, 0.1) is 0 Å². The summed E-state index contributed by atoms with van der Waals surface area (Å²) in [5, 5.41) is 3.02. The van der Waals surface area contributed by atoms with Gasteiger partial charge in [-0.15, -0.1) is 16.4 Å². The maximum Gasteiger partial charge on any atom is 0.330 e. The largest absolute Gasteiger partial charge is 0.381 e. The molecule has 0 amide bonds. The molecular formula is C17H16B5N3O3. The fourth-order valence-corrected chi connectivity index (χ4v) is 3.51. The van der Waals surface area contributed by atoms with Crippen LogP contribution in [-0.4, -0.2) is 62.0 Å². The Bertz CT molecular complexity index is 954. The van der Waals surface area contributed by atoms with E-state index in [1.54, 1.807) is 6.92 Å². The summed E-state index contributed by atoms with van der Waals surface area (Å²) < 4.78 is 6.51. The Hall–Kier alpha value is -2.02. The van der Waals surface area contributed by atoms with E-state index in [0.717, 1.165) is 0 Å². The maximum atomic E-state index is 12.5. The average molecular weight is 364 g/mol. The van der Waals surface area contributed by atoms with Gasteiger partial charge in [0.05, 0.1) is 0 Å². The highest BCUT2D eigenvalue weighted by atomic mass is 16.5. The van der Waals surface area contributed by atoms with Gasteiger partial charge in [0.1, 0.15) is 45.0 Å². The van der Waals surface area contributed by atoms with E-state index in [-0.39, 0.29) is 39.2 Å². The topological polar surface area (TPSA) is 76.1 Å². The zero-order valence-corrected chi connectivity index (χ0v) is 15.6. The molecule has 2 N–H and O–H groups in total. The van der Waals surface area contributed by atoms with Gasteiger partial charge in [-0.3, -0.25) is 14.3 Å². The average Bonchev–Trinajstić information content (AvgIpc) is 2.65. The van der Waals surface area contributed by atoms with Gasteiger partial charge in [-0.1, -0.05) is 10.9 Å². The number of nitrogens with zero attached hydrogens (tertiary/aromatic N) is 1. The third-order valence-electron chi connectivity index (χ3n) is 5.07. The number of rotatable bonds is 4. The summed E-state index contributed by atoms with van der Waals surface area (Å²) in [6.45, 7) is 2.79. The van der Waals surface area contributed by atoms with Gasteiger partial charge >= 0.3 is 5.69 Å². The van der Waals surface area contributed by atoms with Gasteiger partial charge < -0.3 is 10.1 Å². The van der Waals surface area contributed by atoms with Gasteiger partial charge in [0, 0.05) is 31.4 Å². The van der Waals surface area contributed by atoms with Crippen molar-refractivity contribution in [1.82, 2.24) is 9.55 Å². The molecule has 0 aliphatic carbocycles. The fourth-order valence-electron chi connectivity index (χ4n) is 3.51. The molecule has 2 aromatic rings. The SMILES string of the molecule is [B]c1c([B])c([B])c([C@H](C)Nc2cc(=O)n(C3CCOCC3)c(=O)[nH]2)c([B])c1[B]. The summed E-state index contributed by atoms with van der Waals surface area (Å²) >= 11 is 0. The van der Waals surface area contributed by atoms with Crippen LogP contribution in [0.1, 0.15) is 37.4 Å². The van der Waals surface area contributed by atoms with Crippen molar-refractivity contribution in [3.05, 3.63) is 32.5 Å². The number of nitrogens with one attached hydrogen (secondary N) is 2. The molecule has 1 aliphatic rings. The van der Waals surface area contributed by atoms with E-state index in [4.69, 9.17) is 44.0 Å². The van der Waals surface area contributed by atoms with Gasteiger partial charge in [-0.2, -0.15) is 0 Å². The zero-order chi connectivity index (χ0) is 20.6. The lowest BCUT2D eigenvalue weighted by Gasteiger charge is -2.27. The minimum atomic E-state index is -0.501. The van der Waals surface area contributed by atoms with Crippen molar-refractivity contribution in [2.75, 3.05) is 18.5 Å². The van der Waals surface area contributed by atoms with E-state index in [1.165, 1.54) is 10.6 Å². The Morgan fingerprint density at radius 2 is 1.57 bits per heavy atom. The second kappa shape index (κ2) is 8.15. The van der Waals surface area contributed by atoms with Crippen LogP contribution in [0.25, 0.3) is 0 Å². The minimum absolute atomic E-state index is 0.124. The summed E-state index contributed by atoms with van der Waals surface area (Å²) in [7, 11) is 29.7. The third-order valence-corrected chi connectivity index (χ3v) is 5.07. The number of ether oxygens (including phenoxy) is 1. The molecule has 132 valence electrons. The molecular weight excluding hydrogens is 348 g/mol. The predicted octanol–water partition coefficient (Wildman–Crippen LogP) is -3.97. The van der Waals surface area contributed by atoms with Gasteiger partial charge in [0.2, 0.25) is 0 Å². The van der Waals surface area contributed by atoms with Gasteiger partial charge in [0.25, 0.3) is 5.56 Å². The number of H-pyrrole nitrogens is 1. The number of aromatic amines is 1. The summed E-state index contributed by atoms with van der Waals surface area (Å²) in [6, 6.07) is 0.641. The van der Waals surface area contributed by atoms with Crippen molar-refractivity contribution in [3.8, 4) is 0 Å². The summed E-state index contributed by atoms with van der Waals surface area (Å²) in [6.07, 6.45) is 1.23. The lowest BCUT2D eigenvalue weighted by atomic mass is 9.59. The molecule has 1 aromatic carbocycles. The van der Waals surface area contributed by atoms with Crippen LogP contribution in [0.4, 0.5) is 5.82 Å². The lowest BCUT2D eigenvalue weighted by Crippen LogP contribution is -2.57. The fraction of sp³-hybridized carbons (Fsp3) is 0.412. The minimum Gasteiger partial charge on any atom is -0.381 e. The highest BCUT2D eigenvalue weighted by Gasteiger charge is 2.20. The van der Waals surface area contributed by atoms with Crippen molar-refractivity contribution in [2.24, 2.45) is 0 Å². The molecule has 2 heterocycles. The molecule has 1 aliphatic heterocycles. The monoisotopic (exact) mass is 365 g/mol. The first-order valence-corrected chi connectivity index (χ1v) is 8.93. The van der Waals surface area contributed by atoms with Crippen LogP contribution in [0.2, 0.25) is 0 Å². The number of hydrogen-bond donors (Lipinski definition) is 2. The molecule has 10 radical (unpaired) electrons. The second-order valence-electron chi connectivity index (χ2n) is 6.89. The van der Waals surface area contributed by atoms with Crippen molar-refractivity contribution in [3.63, 3.8) is 0 Å². The number of hydrogen-bond acceptors (Lipinski definition) is 4. The van der Waals surface area contributed by atoms with Crippen molar-refractivity contribution >= 4 is 72.4 Å². The Balaban J connectivity index is 1.93. The van der Waals surface area contributed by atoms with Gasteiger partial charge in [-0.25, -0.2) is 4.79 Å². The van der Waals surface area contributed by atoms with Crippen molar-refractivity contribution < 1.29 is 4.74 Å². The van der Waals surface area contributed by atoms with Crippen LogP contribution < -0.4 is 43.9 Å². The lowest BCUT2D eigenvalue weighted by molar-refractivity contribution is 0.0674. The molecule has 11 heteroatoms. The Labute approximate surface area is 169 Å². The van der Waals surface area contributed by atoms with E-state index in [2.05, 4.69) is 10.3 Å². The molecule has 1 atom stereocenters. The third kappa shape index (κ3) is 3.77. The Kier molecular flexibility index (Phi) is 6.03. The Morgan fingerprint density at radius 1 is 1.04 bits per heavy atom. The molecule has 0 unspecified atom stereocenters. The predicted molar refractivity (Wildman–Crippen MR) is 116 cm³/mol. The second-order valence-corrected chi connectivity index (χ2v) is 6.89. The molecule has 1 aromatic heterocycles. The standard InChI is InChI=1S/C17H16B5N3O3/c1-7(11-12(18)14(20)16(22)15(21)13(11)19)23-9-6-10(26)25(17(27)24-9)8-2-4-28-5-3-8/h6-8,23H,2-5H2,1H3,(H,24,27)/t7-/m0/s1. The van der Waals surface area contributed by atoms with E-state index in [1.807, 2.05) is 0 Å². The summed E-state index contributed by atoms with van der Waals surface area (Å²) in [4.78, 5) is 27.7. The molecule has 28 heavy (non-hydrogen) atoms. The first-order valence-electron chi connectivity index (χ1n) is 8.93. The first kappa shape index (κ1) is 20.7. The quantitative estimate of drug-likeness (QED) is 0.543. The highest BCUT2D eigenvalue weighted by Crippen LogP contribution is 2.18. The normalized spacial score (nSPS) is 16.0. The Morgan fingerprint density at radius 3 is 2.11 bits per heavy atom. The number of aromatic nitrogens is 2. The highest BCUT2D eigenvalue weighted by molar-refractivity contribution is 6.67. The van der Waals surface area contributed by atoms with Gasteiger partial charge in [-0.05, 0) is 25.3 Å². The van der Waals surface area contributed by atoms with Crippen LogP contribution >= 0.6 is 0 Å². The van der Waals surface area contributed by atoms with Crippen LogP contribution in [0.5, 0.6) is 0 Å². The summed E-state index contributed by atoms with van der Waals surface area (Å²) in [5.74, 6) is 0.235. The van der Waals surface area contributed by atoms with E-state index in [9.17, 15) is 9.59 Å². The summed E-state index contributed by atoms with van der Waals surface area (Å²) in [5.41, 5.74) is 0.341. The number of anilines is 1. The zero-order valence-electron chi connectivity index (χ0n) is 15.6. The van der Waals surface area contributed by atoms with E-state index in [0.29, 0.717) is 31.6 Å².